The molecule has 1 saturated heterocycles. The van der Waals surface area contributed by atoms with Crippen molar-refractivity contribution in [3.05, 3.63) is 0 Å². The van der Waals surface area contributed by atoms with Gasteiger partial charge in [-0.3, -0.25) is 14.4 Å². The van der Waals surface area contributed by atoms with E-state index in [0.29, 0.717) is 25.9 Å². The summed E-state index contributed by atoms with van der Waals surface area (Å²) in [5, 5.41) is 11.9. The number of amides is 2. The fraction of sp³-hybridized carbons (Fsp3) is 0.786. The van der Waals surface area contributed by atoms with E-state index in [-0.39, 0.29) is 24.2 Å². The van der Waals surface area contributed by atoms with Crippen LogP contribution in [0.5, 0.6) is 0 Å². The Labute approximate surface area is 118 Å². The van der Waals surface area contributed by atoms with Crippen LogP contribution >= 0.6 is 0 Å². The smallest absolute Gasteiger partial charge is 0.305 e. The van der Waals surface area contributed by atoms with Crippen LogP contribution in [0.1, 0.15) is 45.4 Å². The summed E-state index contributed by atoms with van der Waals surface area (Å²) < 4.78 is 0. The molecule has 6 nitrogen and oxygen atoms in total. The summed E-state index contributed by atoms with van der Waals surface area (Å²) in [4.78, 5) is 36.1. The van der Waals surface area contributed by atoms with Crippen LogP contribution in [0.15, 0.2) is 0 Å². The number of carbonyl (C=O) groups excluding carboxylic acids is 2. The second kappa shape index (κ2) is 5.81. The standard InChI is InChI=1S/C14H22N2O4/c1-10(17)16-7-3-11(4-8-16)13(20)15-14(5-2-6-14)9-12(18)19/h11H,2-9H2,1H3,(H,15,20)(H,18,19). The van der Waals surface area contributed by atoms with Crippen LogP contribution < -0.4 is 5.32 Å². The molecule has 1 aliphatic heterocycles. The van der Waals surface area contributed by atoms with Crippen molar-refractivity contribution in [3.63, 3.8) is 0 Å². The number of carboxylic acids is 1. The fourth-order valence-corrected chi connectivity index (χ4v) is 3.06. The number of likely N-dealkylation sites (tertiary alicyclic amines) is 1. The van der Waals surface area contributed by atoms with Gasteiger partial charge in [0.15, 0.2) is 0 Å². The molecule has 20 heavy (non-hydrogen) atoms. The highest BCUT2D eigenvalue weighted by Crippen LogP contribution is 2.35. The quantitative estimate of drug-likeness (QED) is 0.797. The van der Waals surface area contributed by atoms with Crippen molar-refractivity contribution >= 4 is 17.8 Å². The molecule has 2 amide bonds. The second-order valence-corrected chi connectivity index (χ2v) is 5.97. The van der Waals surface area contributed by atoms with Crippen LogP contribution in [0.25, 0.3) is 0 Å². The molecule has 2 rings (SSSR count). The van der Waals surface area contributed by atoms with E-state index in [1.165, 1.54) is 6.92 Å². The summed E-state index contributed by atoms with van der Waals surface area (Å²) in [6.45, 7) is 2.76. The Hall–Kier alpha value is -1.59. The normalized spacial score (nSPS) is 21.9. The predicted molar refractivity (Wildman–Crippen MR) is 72.0 cm³/mol. The van der Waals surface area contributed by atoms with Gasteiger partial charge in [0, 0.05) is 25.9 Å². The van der Waals surface area contributed by atoms with Crippen molar-refractivity contribution < 1.29 is 19.5 Å². The van der Waals surface area contributed by atoms with Crippen molar-refractivity contribution in [1.82, 2.24) is 10.2 Å². The van der Waals surface area contributed by atoms with Gasteiger partial charge in [-0.1, -0.05) is 0 Å². The molecule has 0 atom stereocenters. The summed E-state index contributed by atoms with van der Waals surface area (Å²) in [7, 11) is 0. The Morgan fingerprint density at radius 2 is 1.85 bits per heavy atom. The molecule has 6 heteroatoms. The van der Waals surface area contributed by atoms with Gasteiger partial charge in [-0.15, -0.1) is 0 Å². The molecular formula is C14H22N2O4. The topological polar surface area (TPSA) is 86.7 Å². The molecule has 1 saturated carbocycles. The zero-order valence-corrected chi connectivity index (χ0v) is 11.9. The van der Waals surface area contributed by atoms with E-state index >= 15 is 0 Å². The van der Waals surface area contributed by atoms with Gasteiger partial charge in [-0.25, -0.2) is 0 Å². The molecule has 2 aliphatic rings. The van der Waals surface area contributed by atoms with Crippen LogP contribution in [0.3, 0.4) is 0 Å². The molecule has 0 bridgehead atoms. The van der Waals surface area contributed by atoms with Crippen LogP contribution in [0.2, 0.25) is 0 Å². The minimum absolute atomic E-state index is 0.00499. The number of piperidine rings is 1. The molecule has 0 aromatic rings. The van der Waals surface area contributed by atoms with E-state index < -0.39 is 11.5 Å². The van der Waals surface area contributed by atoms with E-state index in [1.807, 2.05) is 0 Å². The molecule has 0 aromatic heterocycles. The Bertz CT molecular complexity index is 409. The van der Waals surface area contributed by atoms with E-state index in [1.54, 1.807) is 4.90 Å². The molecule has 2 fully saturated rings. The van der Waals surface area contributed by atoms with Crippen molar-refractivity contribution in [2.24, 2.45) is 5.92 Å². The predicted octanol–water partition coefficient (Wildman–Crippen LogP) is 0.758. The number of hydrogen-bond acceptors (Lipinski definition) is 3. The maximum atomic E-state index is 12.3. The largest absolute Gasteiger partial charge is 0.481 e. The summed E-state index contributed by atoms with van der Waals surface area (Å²) >= 11 is 0. The summed E-state index contributed by atoms with van der Waals surface area (Å²) in [6, 6.07) is 0. The maximum absolute atomic E-state index is 12.3. The van der Waals surface area contributed by atoms with Crippen LogP contribution in [0, 0.1) is 5.92 Å². The third-order valence-corrected chi connectivity index (χ3v) is 4.50. The zero-order chi connectivity index (χ0) is 14.8. The van der Waals surface area contributed by atoms with Crippen molar-refractivity contribution in [2.75, 3.05) is 13.1 Å². The van der Waals surface area contributed by atoms with Crippen LogP contribution in [-0.2, 0) is 14.4 Å². The Kier molecular flexibility index (Phi) is 4.30. The molecule has 1 aliphatic carbocycles. The van der Waals surface area contributed by atoms with E-state index in [4.69, 9.17) is 5.11 Å². The average Bonchev–Trinajstić information content (AvgIpc) is 2.35. The number of aliphatic carboxylic acids is 1. The lowest BCUT2D eigenvalue weighted by Crippen LogP contribution is -2.57. The third-order valence-electron chi connectivity index (χ3n) is 4.50. The molecule has 0 spiro atoms. The highest BCUT2D eigenvalue weighted by Gasteiger charge is 2.41. The first-order valence-corrected chi connectivity index (χ1v) is 7.21. The van der Waals surface area contributed by atoms with Gasteiger partial charge in [-0.05, 0) is 32.1 Å². The van der Waals surface area contributed by atoms with Crippen LogP contribution in [-0.4, -0.2) is 46.4 Å². The Balaban J connectivity index is 1.86. The van der Waals surface area contributed by atoms with Gasteiger partial charge in [0.25, 0.3) is 0 Å². The van der Waals surface area contributed by atoms with E-state index in [2.05, 4.69) is 5.32 Å². The third kappa shape index (κ3) is 3.29. The number of carboxylic acid groups (broad SMARTS) is 1. The average molecular weight is 282 g/mol. The van der Waals surface area contributed by atoms with E-state index in [0.717, 1.165) is 19.3 Å². The molecule has 2 N–H and O–H groups in total. The number of nitrogens with zero attached hydrogens (tertiary/aromatic N) is 1. The molecule has 0 aromatic carbocycles. The SMILES string of the molecule is CC(=O)N1CCC(C(=O)NC2(CC(=O)O)CCC2)CC1. The van der Waals surface area contributed by atoms with Gasteiger partial charge in [0.2, 0.25) is 11.8 Å². The first-order chi connectivity index (χ1) is 9.42. The van der Waals surface area contributed by atoms with Gasteiger partial charge in [-0.2, -0.15) is 0 Å². The monoisotopic (exact) mass is 282 g/mol. The number of hydrogen-bond donors (Lipinski definition) is 2. The molecule has 112 valence electrons. The first kappa shape index (κ1) is 14.8. The second-order valence-electron chi connectivity index (χ2n) is 5.97. The highest BCUT2D eigenvalue weighted by atomic mass is 16.4. The fourth-order valence-electron chi connectivity index (χ4n) is 3.06. The first-order valence-electron chi connectivity index (χ1n) is 7.21. The summed E-state index contributed by atoms with van der Waals surface area (Å²) in [5.74, 6) is -0.965. The van der Waals surface area contributed by atoms with Gasteiger partial charge in [0.05, 0.1) is 12.0 Å². The van der Waals surface area contributed by atoms with E-state index in [9.17, 15) is 14.4 Å². The number of rotatable bonds is 4. The zero-order valence-electron chi connectivity index (χ0n) is 11.9. The lowest BCUT2D eigenvalue weighted by Gasteiger charge is -2.43. The number of nitrogens with one attached hydrogen (secondary N) is 1. The minimum atomic E-state index is -0.864. The van der Waals surface area contributed by atoms with Gasteiger partial charge >= 0.3 is 5.97 Å². The number of carbonyl (C=O) groups is 3. The Morgan fingerprint density at radius 3 is 2.25 bits per heavy atom. The van der Waals surface area contributed by atoms with Crippen LogP contribution in [0.4, 0.5) is 0 Å². The van der Waals surface area contributed by atoms with Crippen molar-refractivity contribution in [2.45, 2.75) is 51.0 Å². The summed E-state index contributed by atoms with van der Waals surface area (Å²) in [6.07, 6.45) is 3.79. The lowest BCUT2D eigenvalue weighted by molar-refractivity contribution is -0.141. The molecule has 1 heterocycles. The molecule has 0 unspecified atom stereocenters. The van der Waals surface area contributed by atoms with Crippen molar-refractivity contribution in [1.29, 1.82) is 0 Å². The summed E-state index contributed by atoms with van der Waals surface area (Å²) in [5.41, 5.74) is -0.527. The molecule has 0 radical (unpaired) electrons. The van der Waals surface area contributed by atoms with Gasteiger partial charge in [0.1, 0.15) is 0 Å². The Morgan fingerprint density at radius 1 is 1.25 bits per heavy atom. The highest BCUT2D eigenvalue weighted by molar-refractivity contribution is 5.81. The minimum Gasteiger partial charge on any atom is -0.481 e. The molecular weight excluding hydrogens is 260 g/mol. The van der Waals surface area contributed by atoms with Crippen molar-refractivity contribution in [3.8, 4) is 0 Å². The van der Waals surface area contributed by atoms with Gasteiger partial charge < -0.3 is 15.3 Å². The maximum Gasteiger partial charge on any atom is 0.305 e. The lowest BCUT2D eigenvalue weighted by atomic mass is 9.74.